The van der Waals surface area contributed by atoms with Crippen molar-refractivity contribution in [3.8, 4) is 12.3 Å². The Bertz CT molecular complexity index is 149. The summed E-state index contributed by atoms with van der Waals surface area (Å²) >= 11 is 0. The van der Waals surface area contributed by atoms with Crippen molar-refractivity contribution in [1.82, 2.24) is 5.32 Å². The third-order valence-corrected chi connectivity index (χ3v) is 2.18. The van der Waals surface area contributed by atoms with E-state index in [0.717, 1.165) is 6.42 Å². The Balaban J connectivity index is 3.58. The van der Waals surface area contributed by atoms with Crippen LogP contribution in [0.5, 0.6) is 0 Å². The van der Waals surface area contributed by atoms with Gasteiger partial charge in [0.15, 0.2) is 0 Å². The maximum Gasteiger partial charge on any atom is 0.0660 e. The van der Waals surface area contributed by atoms with Crippen LogP contribution in [0.1, 0.15) is 39.5 Å². The van der Waals surface area contributed by atoms with Crippen molar-refractivity contribution < 1.29 is 0 Å². The van der Waals surface area contributed by atoms with Crippen LogP contribution in [-0.2, 0) is 0 Å². The third kappa shape index (κ3) is 6.62. The SMILES string of the molecule is C#CC(C)NC(CN)CCCCC. The highest BCUT2D eigenvalue weighted by Crippen LogP contribution is 2.03. The summed E-state index contributed by atoms with van der Waals surface area (Å²) in [6.07, 6.45) is 10.2. The van der Waals surface area contributed by atoms with Gasteiger partial charge in [0.05, 0.1) is 6.04 Å². The van der Waals surface area contributed by atoms with Crippen molar-refractivity contribution in [1.29, 1.82) is 0 Å². The molecule has 0 bridgehead atoms. The highest BCUT2D eigenvalue weighted by Gasteiger charge is 2.07. The highest BCUT2D eigenvalue weighted by atomic mass is 15.0. The molecule has 0 rings (SSSR count). The lowest BCUT2D eigenvalue weighted by Crippen LogP contribution is -2.40. The standard InChI is InChI=1S/C11H22N2/c1-4-6-7-8-11(9-12)13-10(3)5-2/h2,10-11,13H,4,6-9,12H2,1,3H3. The zero-order valence-corrected chi connectivity index (χ0v) is 8.84. The van der Waals surface area contributed by atoms with Crippen LogP contribution in [0.2, 0.25) is 0 Å². The lowest BCUT2D eigenvalue weighted by atomic mass is 10.1. The summed E-state index contributed by atoms with van der Waals surface area (Å²) < 4.78 is 0. The van der Waals surface area contributed by atoms with Crippen LogP contribution in [0.4, 0.5) is 0 Å². The molecule has 0 aliphatic rings. The average Bonchev–Trinajstić information content (AvgIpc) is 2.16. The molecule has 13 heavy (non-hydrogen) atoms. The van der Waals surface area contributed by atoms with Gasteiger partial charge in [-0.3, -0.25) is 5.32 Å². The third-order valence-electron chi connectivity index (χ3n) is 2.18. The van der Waals surface area contributed by atoms with Gasteiger partial charge in [0.1, 0.15) is 0 Å². The topological polar surface area (TPSA) is 38.0 Å². The first-order valence-corrected chi connectivity index (χ1v) is 5.16. The van der Waals surface area contributed by atoms with Crippen LogP contribution in [-0.4, -0.2) is 18.6 Å². The second-order valence-corrected chi connectivity index (χ2v) is 3.48. The number of unbranched alkanes of at least 4 members (excludes halogenated alkanes) is 2. The molecule has 0 saturated carbocycles. The molecule has 0 aromatic carbocycles. The van der Waals surface area contributed by atoms with Crippen molar-refractivity contribution >= 4 is 0 Å². The number of rotatable bonds is 7. The maximum atomic E-state index is 5.63. The predicted octanol–water partition coefficient (Wildman–Crippen LogP) is 1.51. The summed E-state index contributed by atoms with van der Waals surface area (Å²) in [5.41, 5.74) is 5.63. The molecule has 0 fully saturated rings. The van der Waals surface area contributed by atoms with Crippen LogP contribution in [0, 0.1) is 12.3 Å². The van der Waals surface area contributed by atoms with Crippen molar-refractivity contribution in [2.75, 3.05) is 6.54 Å². The Hall–Kier alpha value is -0.520. The summed E-state index contributed by atoms with van der Waals surface area (Å²) in [5, 5.41) is 3.31. The van der Waals surface area contributed by atoms with Gasteiger partial charge in [0, 0.05) is 12.6 Å². The van der Waals surface area contributed by atoms with E-state index in [1.165, 1.54) is 19.3 Å². The molecule has 76 valence electrons. The Labute approximate surface area is 82.3 Å². The average molecular weight is 182 g/mol. The minimum atomic E-state index is 0.134. The maximum absolute atomic E-state index is 5.63. The number of nitrogens with one attached hydrogen (secondary N) is 1. The molecule has 0 aliphatic heterocycles. The fourth-order valence-corrected chi connectivity index (χ4v) is 1.31. The second kappa shape index (κ2) is 8.10. The summed E-state index contributed by atoms with van der Waals surface area (Å²) in [6.45, 7) is 4.87. The molecule has 2 atom stereocenters. The molecule has 2 nitrogen and oxygen atoms in total. The smallest absolute Gasteiger partial charge is 0.0660 e. The van der Waals surface area contributed by atoms with E-state index < -0.39 is 0 Å². The molecule has 0 saturated heterocycles. The monoisotopic (exact) mass is 182 g/mol. The van der Waals surface area contributed by atoms with Gasteiger partial charge in [-0.05, 0) is 13.3 Å². The minimum absolute atomic E-state index is 0.134. The molecule has 0 spiro atoms. The van der Waals surface area contributed by atoms with E-state index in [1.807, 2.05) is 6.92 Å². The van der Waals surface area contributed by atoms with Crippen LogP contribution in [0.3, 0.4) is 0 Å². The Morgan fingerprint density at radius 3 is 2.62 bits per heavy atom. The number of hydrogen-bond donors (Lipinski definition) is 2. The molecule has 0 amide bonds. The summed E-state index contributed by atoms with van der Waals surface area (Å²) in [5.74, 6) is 2.65. The van der Waals surface area contributed by atoms with Crippen LogP contribution in [0.15, 0.2) is 0 Å². The normalized spacial score (nSPS) is 14.9. The van der Waals surface area contributed by atoms with E-state index in [1.54, 1.807) is 0 Å². The van der Waals surface area contributed by atoms with Gasteiger partial charge in [-0.15, -0.1) is 6.42 Å². The predicted molar refractivity (Wildman–Crippen MR) is 58.4 cm³/mol. The Kier molecular flexibility index (Phi) is 7.77. The largest absolute Gasteiger partial charge is 0.329 e. The van der Waals surface area contributed by atoms with E-state index in [0.29, 0.717) is 12.6 Å². The lowest BCUT2D eigenvalue weighted by molar-refractivity contribution is 0.451. The molecular weight excluding hydrogens is 160 g/mol. The molecule has 0 radical (unpaired) electrons. The first-order chi connectivity index (χ1) is 6.24. The highest BCUT2D eigenvalue weighted by molar-refractivity contribution is 4.97. The first kappa shape index (κ1) is 12.5. The quantitative estimate of drug-likeness (QED) is 0.462. The molecular formula is C11H22N2. The van der Waals surface area contributed by atoms with E-state index in [4.69, 9.17) is 12.2 Å². The van der Waals surface area contributed by atoms with Gasteiger partial charge in [-0.25, -0.2) is 0 Å². The molecule has 0 aromatic heterocycles. The van der Waals surface area contributed by atoms with Gasteiger partial charge in [-0.1, -0.05) is 32.1 Å². The molecule has 3 N–H and O–H groups in total. The lowest BCUT2D eigenvalue weighted by Gasteiger charge is -2.18. The second-order valence-electron chi connectivity index (χ2n) is 3.48. The zero-order chi connectivity index (χ0) is 10.1. The molecule has 2 heteroatoms. The summed E-state index contributed by atoms with van der Waals surface area (Å²) in [6, 6.07) is 0.521. The number of nitrogens with two attached hydrogens (primary N) is 1. The number of hydrogen-bond acceptors (Lipinski definition) is 2. The van der Waals surface area contributed by atoms with Crippen molar-refractivity contribution in [3.63, 3.8) is 0 Å². The van der Waals surface area contributed by atoms with Crippen molar-refractivity contribution in [2.45, 2.75) is 51.6 Å². The van der Waals surface area contributed by atoms with Crippen LogP contribution in [0.25, 0.3) is 0 Å². The fourth-order valence-electron chi connectivity index (χ4n) is 1.31. The van der Waals surface area contributed by atoms with Gasteiger partial charge in [0.25, 0.3) is 0 Å². The van der Waals surface area contributed by atoms with Crippen LogP contribution >= 0.6 is 0 Å². The van der Waals surface area contributed by atoms with Crippen molar-refractivity contribution in [2.24, 2.45) is 5.73 Å². The van der Waals surface area contributed by atoms with Gasteiger partial charge < -0.3 is 5.73 Å². The van der Waals surface area contributed by atoms with Gasteiger partial charge >= 0.3 is 0 Å². The molecule has 0 aromatic rings. The van der Waals surface area contributed by atoms with E-state index in [2.05, 4.69) is 18.2 Å². The number of terminal acetylenes is 1. The van der Waals surface area contributed by atoms with E-state index >= 15 is 0 Å². The molecule has 0 aliphatic carbocycles. The Morgan fingerprint density at radius 1 is 1.46 bits per heavy atom. The minimum Gasteiger partial charge on any atom is -0.329 e. The van der Waals surface area contributed by atoms with Gasteiger partial charge in [-0.2, -0.15) is 0 Å². The van der Waals surface area contributed by atoms with E-state index in [9.17, 15) is 0 Å². The molecule has 2 unspecified atom stereocenters. The van der Waals surface area contributed by atoms with Gasteiger partial charge in [0.2, 0.25) is 0 Å². The fraction of sp³-hybridized carbons (Fsp3) is 0.818. The molecule has 0 heterocycles. The summed E-state index contributed by atoms with van der Waals surface area (Å²) in [4.78, 5) is 0. The first-order valence-electron chi connectivity index (χ1n) is 5.16. The Morgan fingerprint density at radius 2 is 2.15 bits per heavy atom. The van der Waals surface area contributed by atoms with E-state index in [-0.39, 0.29) is 6.04 Å². The van der Waals surface area contributed by atoms with Crippen molar-refractivity contribution in [3.05, 3.63) is 0 Å². The summed E-state index contributed by atoms with van der Waals surface area (Å²) in [7, 11) is 0. The van der Waals surface area contributed by atoms with Crippen LogP contribution < -0.4 is 11.1 Å². The zero-order valence-electron chi connectivity index (χ0n) is 8.84.